The number of amides is 1. The first-order valence-electron chi connectivity index (χ1n) is 13.9. The summed E-state index contributed by atoms with van der Waals surface area (Å²) in [6.45, 7) is 14.2. The van der Waals surface area contributed by atoms with Crippen LogP contribution in [0, 0.1) is 11.8 Å². The number of carbonyl (C=O) groups excluding carboxylic acids is 1. The molecule has 4 nitrogen and oxygen atoms in total. The van der Waals surface area contributed by atoms with Gasteiger partial charge in [-0.15, -0.1) is 0 Å². The van der Waals surface area contributed by atoms with Gasteiger partial charge < -0.3 is 14.1 Å². The number of hydrogen-bond donors (Lipinski definition) is 0. The number of nitrogens with zero attached hydrogens (tertiary/aromatic N) is 1. The van der Waals surface area contributed by atoms with Gasteiger partial charge in [0.2, 0.25) is 0 Å². The second kappa shape index (κ2) is 11.8. The van der Waals surface area contributed by atoms with Crippen molar-refractivity contribution in [3.8, 4) is 0 Å². The standard InChI is InChI=1S/C29H46F3NO3Si/c1-22(20-35-21-23-12-8-7-9-13-23)25-15-11-18-28(25)17-10-14-24(33(28)26(34)29(30,31)32)16-19-36-37(5,6)27(2,3)4/h7-9,12-13,22,24-25H,10-11,14-21H2,1-6H3/t22-,24+,25+,28+/m0/s1. The molecule has 1 amide bonds. The summed E-state index contributed by atoms with van der Waals surface area (Å²) in [5.41, 5.74) is 0.311. The number of alkyl halides is 3. The lowest BCUT2D eigenvalue weighted by Crippen LogP contribution is -2.64. The van der Waals surface area contributed by atoms with Gasteiger partial charge in [-0.2, -0.15) is 13.2 Å². The van der Waals surface area contributed by atoms with Gasteiger partial charge in [-0.05, 0) is 74.1 Å². The second-order valence-corrected chi connectivity index (χ2v) is 17.5. The third kappa shape index (κ3) is 6.98. The molecule has 1 heterocycles. The maximum Gasteiger partial charge on any atom is 0.471 e. The molecule has 2 fully saturated rings. The zero-order chi connectivity index (χ0) is 27.5. The number of likely N-dealkylation sites (tertiary alicyclic amines) is 1. The number of ether oxygens (including phenoxy) is 1. The van der Waals surface area contributed by atoms with E-state index in [2.05, 4.69) is 40.8 Å². The summed E-state index contributed by atoms with van der Waals surface area (Å²) >= 11 is 0. The lowest BCUT2D eigenvalue weighted by molar-refractivity contribution is -0.202. The van der Waals surface area contributed by atoms with Crippen LogP contribution >= 0.6 is 0 Å². The number of carbonyl (C=O) groups is 1. The van der Waals surface area contributed by atoms with E-state index >= 15 is 0 Å². The van der Waals surface area contributed by atoms with Crippen LogP contribution in [0.1, 0.15) is 78.2 Å². The number of benzene rings is 1. The van der Waals surface area contributed by atoms with Crippen LogP contribution < -0.4 is 0 Å². The molecule has 0 bridgehead atoms. The Bertz CT molecular complexity index is 887. The van der Waals surface area contributed by atoms with Gasteiger partial charge in [0.15, 0.2) is 8.32 Å². The zero-order valence-electron chi connectivity index (χ0n) is 23.5. The van der Waals surface area contributed by atoms with Crippen LogP contribution in [-0.4, -0.2) is 50.1 Å². The summed E-state index contributed by atoms with van der Waals surface area (Å²) in [5, 5.41) is 0.0218. The van der Waals surface area contributed by atoms with E-state index in [1.807, 2.05) is 30.3 Å². The van der Waals surface area contributed by atoms with Crippen molar-refractivity contribution in [2.24, 2.45) is 11.8 Å². The highest BCUT2D eigenvalue weighted by molar-refractivity contribution is 6.74. The number of rotatable bonds is 9. The third-order valence-electron chi connectivity index (χ3n) is 9.17. The molecular weight excluding hydrogens is 495 g/mol. The Labute approximate surface area is 222 Å². The fraction of sp³-hybridized carbons (Fsp3) is 0.759. The van der Waals surface area contributed by atoms with Gasteiger partial charge in [0.1, 0.15) is 0 Å². The maximum absolute atomic E-state index is 14.0. The van der Waals surface area contributed by atoms with Crippen LogP contribution in [-0.2, 0) is 20.6 Å². The van der Waals surface area contributed by atoms with Gasteiger partial charge in [0, 0.05) is 24.8 Å². The Morgan fingerprint density at radius 1 is 1.11 bits per heavy atom. The highest BCUT2D eigenvalue weighted by Gasteiger charge is 2.58. The molecule has 1 aliphatic carbocycles. The van der Waals surface area contributed by atoms with E-state index < -0.39 is 32.0 Å². The summed E-state index contributed by atoms with van der Waals surface area (Å²) in [7, 11) is -2.03. The summed E-state index contributed by atoms with van der Waals surface area (Å²) in [6.07, 6.45) is -0.0985. The molecule has 1 saturated carbocycles. The van der Waals surface area contributed by atoms with Crippen LogP contribution in [0.25, 0.3) is 0 Å². The van der Waals surface area contributed by atoms with Crippen LogP contribution in [0.3, 0.4) is 0 Å². The molecule has 3 rings (SSSR count). The Balaban J connectivity index is 1.77. The fourth-order valence-corrected chi connectivity index (χ4v) is 7.32. The van der Waals surface area contributed by atoms with Gasteiger partial charge in [-0.25, -0.2) is 0 Å². The molecule has 4 atom stereocenters. The molecule has 0 N–H and O–H groups in total. The average Bonchev–Trinajstić information content (AvgIpc) is 3.21. The normalized spacial score (nSPS) is 26.0. The highest BCUT2D eigenvalue weighted by Crippen LogP contribution is 2.52. The average molecular weight is 542 g/mol. The van der Waals surface area contributed by atoms with E-state index in [9.17, 15) is 18.0 Å². The van der Waals surface area contributed by atoms with Crippen LogP contribution in [0.15, 0.2) is 30.3 Å². The second-order valence-electron chi connectivity index (χ2n) is 12.7. The van der Waals surface area contributed by atoms with Crippen molar-refractivity contribution in [1.82, 2.24) is 4.90 Å². The van der Waals surface area contributed by atoms with Crippen molar-refractivity contribution < 1.29 is 27.1 Å². The molecule has 8 heteroatoms. The van der Waals surface area contributed by atoms with E-state index in [1.165, 1.54) is 4.90 Å². The molecule has 37 heavy (non-hydrogen) atoms. The lowest BCUT2D eigenvalue weighted by Gasteiger charge is -2.54. The first-order chi connectivity index (χ1) is 17.2. The monoisotopic (exact) mass is 541 g/mol. The number of piperidine rings is 1. The van der Waals surface area contributed by atoms with E-state index in [0.717, 1.165) is 24.8 Å². The maximum atomic E-state index is 14.0. The Kier molecular flexibility index (Phi) is 9.61. The first-order valence-corrected chi connectivity index (χ1v) is 16.8. The Hall–Kier alpha value is -1.38. The summed E-state index contributed by atoms with van der Waals surface area (Å²) in [4.78, 5) is 14.3. The zero-order valence-corrected chi connectivity index (χ0v) is 24.5. The molecule has 2 aliphatic rings. The van der Waals surface area contributed by atoms with Gasteiger partial charge in [-0.1, -0.05) is 64.4 Å². The highest BCUT2D eigenvalue weighted by atomic mass is 28.4. The van der Waals surface area contributed by atoms with E-state index in [4.69, 9.17) is 9.16 Å². The van der Waals surface area contributed by atoms with Crippen molar-refractivity contribution in [2.75, 3.05) is 13.2 Å². The van der Waals surface area contributed by atoms with Crippen molar-refractivity contribution >= 4 is 14.2 Å². The topological polar surface area (TPSA) is 38.8 Å². The molecule has 1 aliphatic heterocycles. The van der Waals surface area contributed by atoms with Crippen LogP contribution in [0.5, 0.6) is 0 Å². The minimum Gasteiger partial charge on any atom is -0.417 e. The molecule has 0 unspecified atom stereocenters. The molecule has 0 aromatic heterocycles. The third-order valence-corrected chi connectivity index (χ3v) is 13.7. The van der Waals surface area contributed by atoms with Gasteiger partial charge in [0.05, 0.1) is 6.61 Å². The molecule has 210 valence electrons. The lowest BCUT2D eigenvalue weighted by atomic mass is 9.71. The molecule has 1 aromatic carbocycles. The smallest absolute Gasteiger partial charge is 0.417 e. The fourth-order valence-electron chi connectivity index (χ4n) is 6.26. The molecule has 0 radical (unpaired) electrons. The quantitative estimate of drug-likeness (QED) is 0.300. The molecular formula is C29H46F3NO3Si. The predicted octanol–water partition coefficient (Wildman–Crippen LogP) is 7.73. The Morgan fingerprint density at radius 2 is 1.73 bits per heavy atom. The van der Waals surface area contributed by atoms with Gasteiger partial charge in [-0.3, -0.25) is 4.79 Å². The molecule has 1 spiro atoms. The summed E-state index contributed by atoms with van der Waals surface area (Å²) in [6, 6.07) is 9.44. The molecule has 1 aromatic rings. The minimum atomic E-state index is -4.89. The van der Waals surface area contributed by atoms with Crippen molar-refractivity contribution in [2.45, 2.75) is 115 Å². The van der Waals surface area contributed by atoms with Crippen molar-refractivity contribution in [1.29, 1.82) is 0 Å². The van der Waals surface area contributed by atoms with Gasteiger partial charge in [0.25, 0.3) is 0 Å². The predicted molar refractivity (Wildman–Crippen MR) is 144 cm³/mol. The van der Waals surface area contributed by atoms with Crippen molar-refractivity contribution in [3.63, 3.8) is 0 Å². The van der Waals surface area contributed by atoms with Crippen LogP contribution in [0.2, 0.25) is 18.1 Å². The van der Waals surface area contributed by atoms with Crippen LogP contribution in [0.4, 0.5) is 13.2 Å². The Morgan fingerprint density at radius 3 is 2.32 bits per heavy atom. The first kappa shape index (κ1) is 30.2. The van der Waals surface area contributed by atoms with Gasteiger partial charge >= 0.3 is 12.1 Å². The SMILES string of the molecule is C[C@@H](COCc1ccccc1)[C@H]1CCC[C@]12CCC[C@H](CCO[Si](C)(C)C(C)(C)C)N2C(=O)C(F)(F)F. The number of halogens is 3. The van der Waals surface area contributed by atoms with E-state index in [1.54, 1.807) is 0 Å². The minimum absolute atomic E-state index is 0.0151. The van der Waals surface area contributed by atoms with Crippen molar-refractivity contribution in [3.05, 3.63) is 35.9 Å². The van der Waals surface area contributed by atoms with E-state index in [0.29, 0.717) is 45.5 Å². The summed E-state index contributed by atoms with van der Waals surface area (Å²) < 4.78 is 54.3. The van der Waals surface area contributed by atoms with E-state index in [-0.39, 0.29) is 16.9 Å². The number of hydrogen-bond acceptors (Lipinski definition) is 3. The largest absolute Gasteiger partial charge is 0.471 e. The summed E-state index contributed by atoms with van der Waals surface area (Å²) in [5.74, 6) is -1.63. The molecule has 1 saturated heterocycles.